The number of likely N-dealkylation sites (tertiary alicyclic amines) is 1. The molecule has 2 heterocycles. The summed E-state index contributed by atoms with van der Waals surface area (Å²) in [7, 11) is 0. The molecule has 1 aromatic heterocycles. The van der Waals surface area contributed by atoms with Crippen LogP contribution in [0.2, 0.25) is 0 Å². The molecule has 0 spiro atoms. The number of hydrogen-bond donors (Lipinski definition) is 0. The van der Waals surface area contributed by atoms with Crippen molar-refractivity contribution >= 4 is 5.91 Å². The fourth-order valence-electron chi connectivity index (χ4n) is 3.97. The van der Waals surface area contributed by atoms with Crippen LogP contribution < -0.4 is 4.74 Å². The van der Waals surface area contributed by atoms with E-state index < -0.39 is 11.7 Å². The number of carbonyl (C=O) groups is 1. The summed E-state index contributed by atoms with van der Waals surface area (Å²) in [6.07, 6.45) is -2.90. The normalized spacial score (nSPS) is 16.4. The third-order valence-electron chi connectivity index (χ3n) is 5.63. The average Bonchev–Trinajstić information content (AvgIpc) is 3.27. The molecule has 2 aromatic carbocycles. The van der Waals surface area contributed by atoms with Crippen molar-refractivity contribution in [3.05, 3.63) is 95.7 Å². The van der Waals surface area contributed by atoms with Gasteiger partial charge in [0.2, 0.25) is 11.8 Å². The Balaban J connectivity index is 1.42. The molecule has 0 saturated carbocycles. The van der Waals surface area contributed by atoms with E-state index in [4.69, 9.17) is 4.74 Å². The smallest absolute Gasteiger partial charge is 0.416 e. The molecule has 32 heavy (non-hydrogen) atoms. The standard InChI is InChI=1S/C25H23F3N2O2/c26-25(27,28)20-11-13-29-23(15-20)32-21-12-14-30(17-21)24(31)16-22(18-7-3-1-4-8-18)19-9-5-2-6-10-19/h1-11,13,15,21-22H,12,14,16-17H2. The predicted molar refractivity (Wildman–Crippen MR) is 114 cm³/mol. The first-order chi connectivity index (χ1) is 15.4. The van der Waals surface area contributed by atoms with Gasteiger partial charge in [-0.3, -0.25) is 4.79 Å². The maximum Gasteiger partial charge on any atom is 0.416 e. The summed E-state index contributed by atoms with van der Waals surface area (Å²) in [5.41, 5.74) is 1.32. The summed E-state index contributed by atoms with van der Waals surface area (Å²) in [5, 5.41) is 0. The Morgan fingerprint density at radius 3 is 2.25 bits per heavy atom. The third kappa shape index (κ3) is 5.28. The largest absolute Gasteiger partial charge is 0.472 e. The highest BCUT2D eigenvalue weighted by Gasteiger charge is 2.33. The highest BCUT2D eigenvalue weighted by molar-refractivity contribution is 5.78. The van der Waals surface area contributed by atoms with Crippen molar-refractivity contribution in [3.63, 3.8) is 0 Å². The molecule has 3 aromatic rings. The first-order valence-corrected chi connectivity index (χ1v) is 10.5. The summed E-state index contributed by atoms with van der Waals surface area (Å²) < 4.78 is 44.4. The van der Waals surface area contributed by atoms with Crippen molar-refractivity contribution in [3.8, 4) is 5.88 Å². The number of alkyl halides is 3. The Hall–Kier alpha value is -3.35. The van der Waals surface area contributed by atoms with E-state index in [1.165, 1.54) is 0 Å². The first-order valence-electron chi connectivity index (χ1n) is 10.5. The zero-order valence-electron chi connectivity index (χ0n) is 17.3. The van der Waals surface area contributed by atoms with Gasteiger partial charge in [0, 0.05) is 37.6 Å². The predicted octanol–water partition coefficient (Wildman–Crippen LogP) is 5.30. The summed E-state index contributed by atoms with van der Waals surface area (Å²) in [6, 6.07) is 21.6. The fraction of sp³-hybridized carbons (Fsp3) is 0.280. The van der Waals surface area contributed by atoms with Crippen LogP contribution in [0.3, 0.4) is 0 Å². The molecule has 1 aliphatic heterocycles. The molecule has 0 radical (unpaired) electrons. The van der Waals surface area contributed by atoms with Crippen LogP contribution in [0.5, 0.6) is 5.88 Å². The van der Waals surface area contributed by atoms with Crippen LogP contribution in [0.4, 0.5) is 13.2 Å². The topological polar surface area (TPSA) is 42.4 Å². The van der Waals surface area contributed by atoms with E-state index in [1.807, 2.05) is 60.7 Å². The molecule has 1 amide bonds. The molecule has 1 aliphatic rings. The van der Waals surface area contributed by atoms with Crippen molar-refractivity contribution in [2.24, 2.45) is 0 Å². The molecular formula is C25H23F3N2O2. The van der Waals surface area contributed by atoms with Crippen molar-refractivity contribution in [2.75, 3.05) is 13.1 Å². The Morgan fingerprint density at radius 2 is 1.66 bits per heavy atom. The summed E-state index contributed by atoms with van der Waals surface area (Å²) in [4.78, 5) is 18.7. The lowest BCUT2D eigenvalue weighted by Gasteiger charge is -2.22. The maximum absolute atomic E-state index is 13.1. The number of pyridine rings is 1. The molecule has 166 valence electrons. The number of amides is 1. The van der Waals surface area contributed by atoms with Crippen LogP contribution in [0, 0.1) is 0 Å². The number of aromatic nitrogens is 1. The maximum atomic E-state index is 13.1. The van der Waals surface area contributed by atoms with Crippen LogP contribution in [-0.2, 0) is 11.0 Å². The molecule has 0 N–H and O–H groups in total. The van der Waals surface area contributed by atoms with Crippen molar-refractivity contribution < 1.29 is 22.7 Å². The van der Waals surface area contributed by atoms with Crippen molar-refractivity contribution in [1.82, 2.24) is 9.88 Å². The van der Waals surface area contributed by atoms with E-state index in [1.54, 1.807) is 4.90 Å². The Morgan fingerprint density at radius 1 is 1.03 bits per heavy atom. The van der Waals surface area contributed by atoms with Crippen LogP contribution in [0.15, 0.2) is 79.0 Å². The number of hydrogen-bond acceptors (Lipinski definition) is 3. The molecule has 0 aliphatic carbocycles. The first kappa shape index (κ1) is 21.9. The highest BCUT2D eigenvalue weighted by Crippen LogP contribution is 2.32. The van der Waals surface area contributed by atoms with Gasteiger partial charge in [0.25, 0.3) is 0 Å². The molecule has 4 nitrogen and oxygen atoms in total. The number of nitrogens with zero attached hydrogens (tertiary/aromatic N) is 2. The van der Waals surface area contributed by atoms with E-state index in [9.17, 15) is 18.0 Å². The van der Waals surface area contributed by atoms with E-state index in [2.05, 4.69) is 4.98 Å². The van der Waals surface area contributed by atoms with Crippen LogP contribution in [0.25, 0.3) is 0 Å². The number of carbonyl (C=O) groups excluding carboxylic acids is 1. The number of halogens is 3. The van der Waals surface area contributed by atoms with Gasteiger partial charge < -0.3 is 9.64 Å². The van der Waals surface area contributed by atoms with Crippen LogP contribution in [-0.4, -0.2) is 35.0 Å². The van der Waals surface area contributed by atoms with Gasteiger partial charge in [-0.1, -0.05) is 60.7 Å². The summed E-state index contributed by atoms with van der Waals surface area (Å²) >= 11 is 0. The van der Waals surface area contributed by atoms with Gasteiger partial charge in [0.05, 0.1) is 12.1 Å². The Bertz CT molecular complexity index is 1000. The molecule has 1 saturated heterocycles. The number of benzene rings is 2. The van der Waals surface area contributed by atoms with Gasteiger partial charge in [-0.05, 0) is 17.2 Å². The second kappa shape index (κ2) is 9.42. The highest BCUT2D eigenvalue weighted by atomic mass is 19.4. The fourth-order valence-corrected chi connectivity index (χ4v) is 3.97. The SMILES string of the molecule is O=C(CC(c1ccccc1)c1ccccc1)N1CCC(Oc2cc(C(F)(F)F)ccn2)C1. The Kier molecular flexibility index (Phi) is 6.44. The second-order valence-electron chi connectivity index (χ2n) is 7.83. The zero-order chi connectivity index (χ0) is 22.6. The van der Waals surface area contributed by atoms with Gasteiger partial charge in [-0.25, -0.2) is 4.98 Å². The molecule has 0 bridgehead atoms. The minimum Gasteiger partial charge on any atom is -0.472 e. The minimum atomic E-state index is -4.46. The molecule has 1 atom stereocenters. The van der Waals surface area contributed by atoms with Gasteiger partial charge in [-0.2, -0.15) is 13.2 Å². The molecule has 1 unspecified atom stereocenters. The molecule has 4 rings (SSSR count). The quantitative estimate of drug-likeness (QED) is 0.522. The van der Waals surface area contributed by atoms with Gasteiger partial charge in [0.1, 0.15) is 6.10 Å². The molecule has 7 heteroatoms. The lowest BCUT2D eigenvalue weighted by molar-refractivity contribution is -0.137. The monoisotopic (exact) mass is 440 g/mol. The van der Waals surface area contributed by atoms with Crippen LogP contribution >= 0.6 is 0 Å². The van der Waals surface area contributed by atoms with Gasteiger partial charge >= 0.3 is 6.18 Å². The van der Waals surface area contributed by atoms with Crippen LogP contribution in [0.1, 0.15) is 35.4 Å². The summed E-state index contributed by atoms with van der Waals surface area (Å²) in [6.45, 7) is 0.825. The lowest BCUT2D eigenvalue weighted by atomic mass is 9.88. The van der Waals surface area contributed by atoms with Crippen molar-refractivity contribution in [1.29, 1.82) is 0 Å². The van der Waals surface area contributed by atoms with Gasteiger partial charge in [-0.15, -0.1) is 0 Å². The van der Waals surface area contributed by atoms with E-state index in [-0.39, 0.29) is 23.8 Å². The average molecular weight is 440 g/mol. The second-order valence-corrected chi connectivity index (χ2v) is 7.83. The third-order valence-corrected chi connectivity index (χ3v) is 5.63. The number of rotatable bonds is 6. The zero-order valence-corrected chi connectivity index (χ0v) is 17.3. The summed E-state index contributed by atoms with van der Waals surface area (Å²) in [5.74, 6) is -0.161. The lowest BCUT2D eigenvalue weighted by Crippen LogP contribution is -2.32. The molecular weight excluding hydrogens is 417 g/mol. The Labute approximate surface area is 184 Å². The minimum absolute atomic E-state index is 0.00851. The van der Waals surface area contributed by atoms with Gasteiger partial charge in [0.15, 0.2) is 0 Å². The van der Waals surface area contributed by atoms with E-state index in [0.717, 1.165) is 29.5 Å². The molecule has 1 fully saturated rings. The number of ether oxygens (including phenoxy) is 1. The van der Waals surface area contributed by atoms with E-state index in [0.29, 0.717) is 25.9 Å². The van der Waals surface area contributed by atoms with Crippen molar-refractivity contribution in [2.45, 2.75) is 31.0 Å². The van der Waals surface area contributed by atoms with E-state index >= 15 is 0 Å².